The lowest BCUT2D eigenvalue weighted by Crippen LogP contribution is -2.46. The molecule has 10 heteroatoms. The third kappa shape index (κ3) is 9.11. The van der Waals surface area contributed by atoms with Crippen LogP contribution in [-0.4, -0.2) is 95.8 Å². The van der Waals surface area contributed by atoms with Crippen LogP contribution in [0.5, 0.6) is 0 Å². The molecule has 0 spiro atoms. The molecular formula is C16H26O10. The van der Waals surface area contributed by atoms with Gasteiger partial charge in [-0.15, -0.1) is 0 Å². The zero-order valence-corrected chi connectivity index (χ0v) is 15.0. The molecule has 26 heavy (non-hydrogen) atoms. The first-order valence-corrected chi connectivity index (χ1v) is 8.07. The van der Waals surface area contributed by atoms with Crippen LogP contribution in [0.2, 0.25) is 0 Å². The Kier molecular flexibility index (Phi) is 11.6. The normalized spacial score (nSPS) is 21.9. The van der Waals surface area contributed by atoms with Crippen LogP contribution >= 0.6 is 0 Å². The van der Waals surface area contributed by atoms with Crippen molar-refractivity contribution in [3.05, 3.63) is 12.3 Å². The summed E-state index contributed by atoms with van der Waals surface area (Å²) < 4.78 is 35.1. The van der Waals surface area contributed by atoms with Crippen LogP contribution < -0.4 is 0 Å². The molecule has 0 radical (unpaired) electrons. The fraction of sp³-hybridized carbons (Fsp3) is 0.750. The van der Waals surface area contributed by atoms with Gasteiger partial charge in [0, 0.05) is 14.2 Å². The summed E-state index contributed by atoms with van der Waals surface area (Å²) >= 11 is 0. The molecule has 0 fully saturated rings. The summed E-state index contributed by atoms with van der Waals surface area (Å²) in [5, 5.41) is 9.98. The molecule has 10 nitrogen and oxygen atoms in total. The van der Waals surface area contributed by atoms with E-state index in [1.165, 1.54) is 26.6 Å². The van der Waals surface area contributed by atoms with Crippen molar-refractivity contribution in [1.29, 1.82) is 0 Å². The highest BCUT2D eigenvalue weighted by atomic mass is 16.6. The van der Waals surface area contributed by atoms with Crippen molar-refractivity contribution < 1.29 is 47.9 Å². The van der Waals surface area contributed by atoms with Crippen LogP contribution in [0.15, 0.2) is 12.3 Å². The van der Waals surface area contributed by atoms with Gasteiger partial charge >= 0.3 is 11.9 Å². The summed E-state index contributed by atoms with van der Waals surface area (Å²) in [6.45, 7) is 0.449. The number of hydrogen-bond donors (Lipinski definition) is 1. The highest BCUT2D eigenvalue weighted by Crippen LogP contribution is 2.17. The number of carbonyl (C=O) groups excluding carboxylic acids is 2. The van der Waals surface area contributed by atoms with E-state index in [-0.39, 0.29) is 33.0 Å². The Labute approximate surface area is 151 Å². The highest BCUT2D eigenvalue weighted by molar-refractivity contribution is 5.71. The van der Waals surface area contributed by atoms with Gasteiger partial charge in [0.1, 0.15) is 25.9 Å². The Morgan fingerprint density at radius 3 is 2.23 bits per heavy atom. The summed E-state index contributed by atoms with van der Waals surface area (Å²) in [6, 6.07) is 0. The van der Waals surface area contributed by atoms with Gasteiger partial charge in [-0.25, -0.2) is 9.59 Å². The van der Waals surface area contributed by atoms with Crippen molar-refractivity contribution in [1.82, 2.24) is 0 Å². The Morgan fingerprint density at radius 1 is 1.00 bits per heavy atom. The molecule has 0 aliphatic carbocycles. The van der Waals surface area contributed by atoms with Crippen LogP contribution in [0.4, 0.5) is 0 Å². The lowest BCUT2D eigenvalue weighted by atomic mass is 10.1. The van der Waals surface area contributed by atoms with Crippen LogP contribution in [0.25, 0.3) is 0 Å². The summed E-state index contributed by atoms with van der Waals surface area (Å²) in [7, 11) is 3.03. The minimum atomic E-state index is -1.09. The maximum absolute atomic E-state index is 11.8. The average molecular weight is 378 g/mol. The monoisotopic (exact) mass is 378 g/mol. The van der Waals surface area contributed by atoms with Gasteiger partial charge in [0.2, 0.25) is 0 Å². The number of aliphatic hydroxyl groups is 1. The van der Waals surface area contributed by atoms with Gasteiger partial charge in [-0.2, -0.15) is 0 Å². The minimum Gasteiger partial charge on any atom is -0.491 e. The SMILES string of the molecule is COCCOCC(=O)OC[C@H]1OC=C[C@@H](O)[C@H]1OC(=O)COCCOC. The number of esters is 2. The number of methoxy groups -OCH3 is 2. The molecule has 0 bridgehead atoms. The quantitative estimate of drug-likeness (QED) is 0.317. The number of hydrogen-bond acceptors (Lipinski definition) is 10. The average Bonchev–Trinajstić information content (AvgIpc) is 2.63. The molecule has 0 aromatic rings. The molecule has 1 N–H and O–H groups in total. The van der Waals surface area contributed by atoms with Crippen LogP contribution in [-0.2, 0) is 42.7 Å². The zero-order chi connectivity index (χ0) is 19.2. The lowest BCUT2D eigenvalue weighted by molar-refractivity contribution is -0.176. The fourth-order valence-corrected chi connectivity index (χ4v) is 1.91. The molecule has 1 rings (SSSR count). The molecule has 0 aromatic heterocycles. The largest absolute Gasteiger partial charge is 0.491 e. The molecule has 1 heterocycles. The second-order valence-corrected chi connectivity index (χ2v) is 5.22. The van der Waals surface area contributed by atoms with Crippen molar-refractivity contribution in [2.24, 2.45) is 0 Å². The van der Waals surface area contributed by atoms with E-state index in [4.69, 9.17) is 33.2 Å². The third-order valence-corrected chi connectivity index (χ3v) is 3.21. The molecule has 150 valence electrons. The zero-order valence-electron chi connectivity index (χ0n) is 15.0. The number of aliphatic hydroxyl groups excluding tert-OH is 1. The van der Waals surface area contributed by atoms with E-state index < -0.39 is 30.3 Å². The number of ether oxygens (including phenoxy) is 7. The lowest BCUT2D eigenvalue weighted by Gasteiger charge is -2.31. The van der Waals surface area contributed by atoms with Gasteiger partial charge in [0.05, 0.1) is 32.7 Å². The van der Waals surface area contributed by atoms with E-state index in [1.54, 1.807) is 0 Å². The smallest absolute Gasteiger partial charge is 0.332 e. The second-order valence-electron chi connectivity index (χ2n) is 5.22. The summed E-state index contributed by atoms with van der Waals surface area (Å²) in [5.41, 5.74) is 0. The molecule has 0 saturated heterocycles. The van der Waals surface area contributed by atoms with E-state index in [1.807, 2.05) is 0 Å². The molecule has 0 saturated carbocycles. The van der Waals surface area contributed by atoms with Gasteiger partial charge in [-0.3, -0.25) is 0 Å². The molecule has 3 atom stereocenters. The van der Waals surface area contributed by atoms with Crippen molar-refractivity contribution in [3.63, 3.8) is 0 Å². The molecule has 1 aliphatic heterocycles. The van der Waals surface area contributed by atoms with E-state index in [0.717, 1.165) is 0 Å². The number of carbonyl (C=O) groups is 2. The second kappa shape index (κ2) is 13.5. The van der Waals surface area contributed by atoms with Gasteiger partial charge in [-0.05, 0) is 6.08 Å². The van der Waals surface area contributed by atoms with E-state index in [0.29, 0.717) is 13.2 Å². The first-order chi connectivity index (χ1) is 12.6. The Bertz CT molecular complexity index is 439. The van der Waals surface area contributed by atoms with E-state index >= 15 is 0 Å². The summed E-state index contributed by atoms with van der Waals surface area (Å²) in [5.74, 6) is -1.29. The van der Waals surface area contributed by atoms with Crippen LogP contribution in [0.3, 0.4) is 0 Å². The highest BCUT2D eigenvalue weighted by Gasteiger charge is 2.35. The van der Waals surface area contributed by atoms with E-state index in [2.05, 4.69) is 0 Å². The van der Waals surface area contributed by atoms with Crippen molar-refractivity contribution in [2.75, 3.05) is 60.5 Å². The van der Waals surface area contributed by atoms with Crippen LogP contribution in [0, 0.1) is 0 Å². The Balaban J connectivity index is 2.38. The van der Waals surface area contributed by atoms with Crippen LogP contribution in [0.1, 0.15) is 0 Å². The molecule has 0 amide bonds. The molecule has 0 unspecified atom stereocenters. The maximum atomic E-state index is 11.8. The maximum Gasteiger partial charge on any atom is 0.332 e. The van der Waals surface area contributed by atoms with Gasteiger partial charge < -0.3 is 38.3 Å². The summed E-state index contributed by atoms with van der Waals surface area (Å²) in [6.07, 6.45) is -0.372. The predicted octanol–water partition coefficient (Wildman–Crippen LogP) is -0.959. The number of rotatable bonds is 13. The van der Waals surface area contributed by atoms with Crippen molar-refractivity contribution >= 4 is 11.9 Å². The molecule has 0 aromatic carbocycles. The topological polar surface area (TPSA) is 119 Å². The molecule has 1 aliphatic rings. The first-order valence-electron chi connectivity index (χ1n) is 8.07. The van der Waals surface area contributed by atoms with Gasteiger partial charge in [0.15, 0.2) is 12.2 Å². The Morgan fingerprint density at radius 2 is 1.62 bits per heavy atom. The van der Waals surface area contributed by atoms with Crippen molar-refractivity contribution in [2.45, 2.75) is 18.3 Å². The third-order valence-electron chi connectivity index (χ3n) is 3.21. The fourth-order valence-electron chi connectivity index (χ4n) is 1.91. The first kappa shape index (κ1) is 22.3. The summed E-state index contributed by atoms with van der Waals surface area (Å²) in [4.78, 5) is 23.4. The van der Waals surface area contributed by atoms with Gasteiger partial charge in [-0.1, -0.05) is 0 Å². The minimum absolute atomic E-state index is 0.212. The van der Waals surface area contributed by atoms with E-state index in [9.17, 15) is 14.7 Å². The Hall–Kier alpha value is -1.72. The molecular weight excluding hydrogens is 352 g/mol. The van der Waals surface area contributed by atoms with Gasteiger partial charge in [0.25, 0.3) is 0 Å². The predicted molar refractivity (Wildman–Crippen MR) is 86.2 cm³/mol. The standard InChI is InChI=1S/C16H26O10/c1-20-5-7-22-10-14(18)25-9-13-16(12(17)3-4-24-13)26-15(19)11-23-8-6-21-2/h3-4,12-13,16-17H,5-11H2,1-2H3/t12-,13-,16-/m1/s1. The van der Waals surface area contributed by atoms with Crippen molar-refractivity contribution in [3.8, 4) is 0 Å².